The van der Waals surface area contributed by atoms with Crippen LogP contribution in [0, 0.1) is 11.6 Å². The van der Waals surface area contributed by atoms with E-state index in [1.54, 1.807) is 36.3 Å². The summed E-state index contributed by atoms with van der Waals surface area (Å²) in [5, 5.41) is 4.54. The largest absolute Gasteiger partial charge is 0.494 e. The summed E-state index contributed by atoms with van der Waals surface area (Å²) in [5.74, 6) is 0.891. The Hall–Kier alpha value is -4.61. The number of anilines is 1. The molecule has 0 saturated carbocycles. The van der Waals surface area contributed by atoms with Gasteiger partial charge >= 0.3 is 0 Å². The second-order valence-corrected chi connectivity index (χ2v) is 8.56. The second-order valence-electron chi connectivity index (χ2n) is 8.56. The van der Waals surface area contributed by atoms with Crippen molar-refractivity contribution in [2.24, 2.45) is 0 Å². The molecule has 10 nitrogen and oxygen atoms in total. The van der Waals surface area contributed by atoms with Gasteiger partial charge in [-0.15, -0.1) is 5.10 Å². The molecule has 1 amide bonds. The lowest BCUT2D eigenvalue weighted by Gasteiger charge is -2.35. The van der Waals surface area contributed by atoms with Crippen LogP contribution < -0.4 is 14.4 Å². The van der Waals surface area contributed by atoms with Crippen molar-refractivity contribution in [2.45, 2.75) is 6.54 Å². The normalized spacial score (nSPS) is 13.5. The van der Waals surface area contributed by atoms with Gasteiger partial charge in [-0.1, -0.05) is 0 Å². The summed E-state index contributed by atoms with van der Waals surface area (Å²) in [4.78, 5) is 30.0. The number of piperazine rings is 1. The van der Waals surface area contributed by atoms with Crippen LogP contribution in [0.1, 0.15) is 0 Å². The quantitative estimate of drug-likeness (QED) is 0.366. The number of ether oxygens (including phenoxy) is 2. The maximum atomic E-state index is 14.1. The molecular formula is C26H25F2N7O3. The van der Waals surface area contributed by atoms with Crippen LogP contribution in [0.2, 0.25) is 0 Å². The minimum absolute atomic E-state index is 0.0455. The molecule has 1 aliphatic heterocycles. The fraction of sp³-hybridized carbons (Fsp3) is 0.269. The van der Waals surface area contributed by atoms with Crippen molar-refractivity contribution in [3.8, 4) is 34.4 Å². The van der Waals surface area contributed by atoms with Crippen molar-refractivity contribution in [1.82, 2.24) is 29.6 Å². The summed E-state index contributed by atoms with van der Waals surface area (Å²) in [6.45, 7) is 2.08. The number of hydrogen-bond acceptors (Lipinski definition) is 8. The monoisotopic (exact) mass is 521 g/mol. The molecular weight excluding hydrogens is 496 g/mol. The number of aromatic nitrogens is 5. The van der Waals surface area contributed by atoms with Crippen molar-refractivity contribution in [3.05, 3.63) is 66.5 Å². The molecule has 4 aromatic rings. The van der Waals surface area contributed by atoms with Crippen LogP contribution in [0.25, 0.3) is 22.8 Å². The van der Waals surface area contributed by atoms with E-state index in [1.807, 2.05) is 0 Å². The lowest BCUT2D eigenvalue weighted by molar-refractivity contribution is -0.132. The van der Waals surface area contributed by atoms with Crippen molar-refractivity contribution in [3.63, 3.8) is 0 Å². The number of hydrogen-bond donors (Lipinski definition) is 0. The lowest BCUT2D eigenvalue weighted by Crippen LogP contribution is -2.50. The molecule has 12 heteroatoms. The van der Waals surface area contributed by atoms with Crippen LogP contribution >= 0.6 is 0 Å². The van der Waals surface area contributed by atoms with E-state index in [4.69, 9.17) is 9.47 Å². The van der Waals surface area contributed by atoms with E-state index in [1.165, 1.54) is 42.4 Å². The topological polar surface area (TPSA) is 98.5 Å². The third-order valence-corrected chi connectivity index (χ3v) is 6.26. The highest BCUT2D eigenvalue weighted by atomic mass is 19.1. The number of carbonyl (C=O) groups excluding carboxylic acids is 1. The van der Waals surface area contributed by atoms with Crippen LogP contribution in [-0.4, -0.2) is 75.9 Å². The van der Waals surface area contributed by atoms with Crippen LogP contribution in [0.15, 0.2) is 54.9 Å². The summed E-state index contributed by atoms with van der Waals surface area (Å²) in [7, 11) is 2.92. The Kier molecular flexibility index (Phi) is 7.11. The number of rotatable bonds is 7. The summed E-state index contributed by atoms with van der Waals surface area (Å²) in [6, 6.07) is 11.8. The van der Waals surface area contributed by atoms with Crippen molar-refractivity contribution in [2.75, 3.05) is 45.3 Å². The minimum atomic E-state index is -0.517. The summed E-state index contributed by atoms with van der Waals surface area (Å²) >= 11 is 0. The summed E-state index contributed by atoms with van der Waals surface area (Å²) < 4.78 is 39.3. The molecule has 196 valence electrons. The molecule has 0 radical (unpaired) electrons. The van der Waals surface area contributed by atoms with Crippen LogP contribution in [0.5, 0.6) is 11.6 Å². The van der Waals surface area contributed by atoms with Gasteiger partial charge in [0.15, 0.2) is 23.2 Å². The molecule has 0 unspecified atom stereocenters. The number of amides is 1. The van der Waals surface area contributed by atoms with E-state index >= 15 is 0 Å². The maximum absolute atomic E-state index is 14.1. The van der Waals surface area contributed by atoms with Gasteiger partial charge in [0, 0.05) is 43.4 Å². The highest BCUT2D eigenvalue weighted by molar-refractivity contribution is 5.77. The number of halogens is 2. The predicted molar refractivity (Wildman–Crippen MR) is 135 cm³/mol. The molecule has 1 fully saturated rings. The smallest absolute Gasteiger partial charge is 0.244 e. The van der Waals surface area contributed by atoms with E-state index in [0.717, 1.165) is 5.82 Å². The zero-order valence-corrected chi connectivity index (χ0v) is 20.8. The van der Waals surface area contributed by atoms with E-state index < -0.39 is 5.82 Å². The molecule has 0 N–H and O–H groups in total. The first-order valence-corrected chi connectivity index (χ1v) is 11.9. The highest BCUT2D eigenvalue weighted by Crippen LogP contribution is 2.28. The molecule has 38 heavy (non-hydrogen) atoms. The molecule has 1 aliphatic rings. The van der Waals surface area contributed by atoms with Crippen molar-refractivity contribution in [1.29, 1.82) is 0 Å². The molecule has 1 saturated heterocycles. The average Bonchev–Trinajstić information content (AvgIpc) is 3.37. The lowest BCUT2D eigenvalue weighted by atomic mass is 10.2. The van der Waals surface area contributed by atoms with Crippen LogP contribution in [-0.2, 0) is 11.3 Å². The van der Waals surface area contributed by atoms with E-state index in [9.17, 15) is 13.6 Å². The van der Waals surface area contributed by atoms with Crippen molar-refractivity contribution < 1.29 is 23.0 Å². The van der Waals surface area contributed by atoms with E-state index in [-0.39, 0.29) is 24.0 Å². The van der Waals surface area contributed by atoms with Gasteiger partial charge in [-0.05, 0) is 42.5 Å². The third-order valence-electron chi connectivity index (χ3n) is 6.26. The maximum Gasteiger partial charge on any atom is 0.244 e. The first-order chi connectivity index (χ1) is 18.4. The average molecular weight is 522 g/mol. The van der Waals surface area contributed by atoms with Gasteiger partial charge in [-0.25, -0.2) is 28.4 Å². The molecule has 0 atom stereocenters. The van der Waals surface area contributed by atoms with Crippen LogP contribution in [0.3, 0.4) is 0 Å². The van der Waals surface area contributed by atoms with Gasteiger partial charge in [-0.3, -0.25) is 4.79 Å². The zero-order chi connectivity index (χ0) is 26.6. The Morgan fingerprint density at radius 1 is 0.921 bits per heavy atom. The summed E-state index contributed by atoms with van der Waals surface area (Å²) in [5.41, 5.74) is 1.11. The van der Waals surface area contributed by atoms with Gasteiger partial charge in [0.2, 0.25) is 11.8 Å². The van der Waals surface area contributed by atoms with Crippen LogP contribution in [0.4, 0.5) is 14.6 Å². The second kappa shape index (κ2) is 10.8. The fourth-order valence-corrected chi connectivity index (χ4v) is 4.21. The Balaban J connectivity index is 1.37. The van der Waals surface area contributed by atoms with E-state index in [0.29, 0.717) is 54.8 Å². The molecule has 5 rings (SSSR count). The Morgan fingerprint density at radius 2 is 1.66 bits per heavy atom. The molecule has 3 heterocycles. The number of nitrogens with zero attached hydrogens (tertiary/aromatic N) is 7. The van der Waals surface area contributed by atoms with Gasteiger partial charge in [0.1, 0.15) is 24.5 Å². The minimum Gasteiger partial charge on any atom is -0.494 e. The zero-order valence-electron chi connectivity index (χ0n) is 20.8. The first kappa shape index (κ1) is 25.1. The predicted octanol–water partition coefficient (Wildman–Crippen LogP) is 3.05. The molecule has 0 spiro atoms. The van der Waals surface area contributed by atoms with Gasteiger partial charge < -0.3 is 19.3 Å². The standard InChI is InChI=1S/C26H25F2N7O3/c1-37-21-13-18(5-8-20(21)28)26-31-25(17-3-6-19(27)7-4-17)32-35(26)15-24(36)34-11-9-33(10-12-34)22-14-23(38-2)30-16-29-22/h3-8,13-14,16H,9-12,15H2,1-2H3. The Labute approximate surface area is 217 Å². The number of benzene rings is 2. The SMILES string of the molecule is COc1cc(N2CCN(C(=O)Cn3nc(-c4ccc(F)cc4)nc3-c3ccc(F)c(OC)c3)CC2)ncn1. The van der Waals surface area contributed by atoms with Gasteiger partial charge in [0.25, 0.3) is 0 Å². The molecule has 2 aromatic carbocycles. The third kappa shape index (κ3) is 5.24. The van der Waals surface area contributed by atoms with E-state index in [2.05, 4.69) is 25.0 Å². The first-order valence-electron chi connectivity index (χ1n) is 11.9. The van der Waals surface area contributed by atoms with Crippen molar-refractivity contribution >= 4 is 11.7 Å². The Bertz CT molecular complexity index is 1440. The number of methoxy groups -OCH3 is 2. The Morgan fingerprint density at radius 3 is 2.37 bits per heavy atom. The number of carbonyl (C=O) groups is 1. The summed E-state index contributed by atoms with van der Waals surface area (Å²) in [6.07, 6.45) is 1.45. The molecule has 0 bridgehead atoms. The molecule has 0 aliphatic carbocycles. The fourth-order valence-electron chi connectivity index (χ4n) is 4.21. The molecule has 2 aromatic heterocycles. The van der Waals surface area contributed by atoms with Gasteiger partial charge in [0.05, 0.1) is 14.2 Å². The highest BCUT2D eigenvalue weighted by Gasteiger charge is 2.25. The van der Waals surface area contributed by atoms with Gasteiger partial charge in [-0.2, -0.15) is 0 Å².